The second-order valence-electron chi connectivity index (χ2n) is 13.3. The molecule has 270 valence electrons. The van der Waals surface area contributed by atoms with Crippen molar-refractivity contribution in [1.82, 2.24) is 10.2 Å². The molecule has 3 aliphatic rings. The monoisotopic (exact) mass is 700 g/mol. The molecule has 0 aromatic heterocycles. The quantitative estimate of drug-likeness (QED) is 0.126. The van der Waals surface area contributed by atoms with Gasteiger partial charge in [0.2, 0.25) is 6.79 Å². The molecule has 2 heterocycles. The van der Waals surface area contributed by atoms with Crippen molar-refractivity contribution in [2.75, 3.05) is 19.9 Å². The maximum Gasteiger partial charge on any atom is 0.430 e. The predicted molar refractivity (Wildman–Crippen MR) is 166 cm³/mol. The van der Waals surface area contributed by atoms with Crippen LogP contribution in [-0.2, 0) is 28.8 Å². The van der Waals surface area contributed by atoms with Crippen molar-refractivity contribution in [3.05, 3.63) is 52.6 Å². The Morgan fingerprint density at radius 3 is 2.24 bits per heavy atom. The first-order valence-electron chi connectivity index (χ1n) is 16.8. The van der Waals surface area contributed by atoms with Crippen molar-refractivity contribution in [2.45, 2.75) is 108 Å². The number of carbonyl (C=O) groups excluding carboxylic acids is 2. The molecule has 5 rings (SSSR count). The van der Waals surface area contributed by atoms with Gasteiger partial charge in [0.1, 0.15) is 11.3 Å². The van der Waals surface area contributed by atoms with Gasteiger partial charge in [-0.3, -0.25) is 9.69 Å². The Hall–Kier alpha value is -3.68. The van der Waals surface area contributed by atoms with Gasteiger partial charge in [0, 0.05) is 12.1 Å². The van der Waals surface area contributed by atoms with E-state index in [9.17, 15) is 41.0 Å². The summed E-state index contributed by atoms with van der Waals surface area (Å²) in [6.45, 7) is 3.50. The summed E-state index contributed by atoms with van der Waals surface area (Å²) >= 11 is 0. The third-order valence-electron chi connectivity index (χ3n) is 9.79. The maximum atomic E-state index is 13.9. The predicted octanol–water partition coefficient (Wildman–Crippen LogP) is 7.82. The van der Waals surface area contributed by atoms with Crippen LogP contribution in [0.4, 0.5) is 31.1 Å². The van der Waals surface area contributed by atoms with E-state index in [2.05, 4.69) is 5.32 Å². The number of nitrogens with one attached hydrogen (secondary N) is 1. The molecule has 2 fully saturated rings. The number of hydrogen-bond acceptors (Lipinski definition) is 6. The lowest BCUT2D eigenvalue weighted by atomic mass is 9.83. The van der Waals surface area contributed by atoms with E-state index >= 15 is 0 Å². The Balaban J connectivity index is 1.31. The van der Waals surface area contributed by atoms with Crippen LogP contribution in [0.1, 0.15) is 93.9 Å². The number of urea groups is 1. The topological polar surface area (TPSA) is 97.3 Å². The van der Waals surface area contributed by atoms with E-state index < -0.39 is 41.0 Å². The van der Waals surface area contributed by atoms with Gasteiger partial charge in [-0.05, 0) is 85.9 Å². The molecular formula is C35H42F6N2O6. The molecule has 2 aliphatic heterocycles. The van der Waals surface area contributed by atoms with Crippen LogP contribution in [0, 0.1) is 5.92 Å². The molecule has 3 amide bonds. The van der Waals surface area contributed by atoms with Crippen LogP contribution in [0.2, 0.25) is 0 Å². The Morgan fingerprint density at radius 2 is 1.59 bits per heavy atom. The minimum atomic E-state index is -6.00. The summed E-state index contributed by atoms with van der Waals surface area (Å²) in [6.07, 6.45) is -5.05. The van der Waals surface area contributed by atoms with Gasteiger partial charge < -0.3 is 24.6 Å². The first-order chi connectivity index (χ1) is 23.1. The third kappa shape index (κ3) is 7.29. The molecule has 2 aromatic rings. The zero-order valence-electron chi connectivity index (χ0n) is 27.6. The molecule has 14 heteroatoms. The largest absolute Gasteiger partial charge is 0.493 e. The Labute approximate surface area is 281 Å². The molecule has 1 atom stereocenters. The number of benzene rings is 2. The molecule has 1 aliphatic carbocycles. The number of imide groups is 1. The smallest absolute Gasteiger partial charge is 0.430 e. The number of fused-ring (bicyclic) bond motifs is 1. The molecule has 1 saturated heterocycles. The highest BCUT2D eigenvalue weighted by molar-refractivity contribution is 6.07. The Kier molecular flexibility index (Phi) is 10.7. The van der Waals surface area contributed by atoms with Gasteiger partial charge in [-0.1, -0.05) is 51.5 Å². The van der Waals surface area contributed by atoms with Crippen LogP contribution in [0.5, 0.6) is 17.2 Å². The number of ether oxygens (including phenoxy) is 3. The number of nitrogens with zero attached hydrogens (tertiary/aromatic N) is 1. The van der Waals surface area contributed by atoms with Gasteiger partial charge in [-0.2, -0.15) is 26.3 Å². The Morgan fingerprint density at radius 1 is 0.939 bits per heavy atom. The zero-order valence-corrected chi connectivity index (χ0v) is 27.6. The van der Waals surface area contributed by atoms with Crippen LogP contribution in [0.15, 0.2) is 30.3 Å². The van der Waals surface area contributed by atoms with Gasteiger partial charge in [-0.25, -0.2) is 4.79 Å². The number of amides is 3. The average molecular weight is 701 g/mol. The summed E-state index contributed by atoms with van der Waals surface area (Å²) < 4.78 is 100. The molecule has 49 heavy (non-hydrogen) atoms. The number of aliphatic hydroxyl groups is 1. The van der Waals surface area contributed by atoms with E-state index in [1.54, 1.807) is 32.0 Å². The molecule has 0 bridgehead atoms. The third-order valence-corrected chi connectivity index (χ3v) is 9.79. The van der Waals surface area contributed by atoms with Crippen LogP contribution in [0.25, 0.3) is 0 Å². The van der Waals surface area contributed by atoms with E-state index in [1.165, 1.54) is 0 Å². The second-order valence-corrected chi connectivity index (χ2v) is 13.3. The number of aryl methyl sites for hydroxylation is 2. The standard InChI is InChI=1S/C35H42F6N2O6/c1-3-9-23-18-26(33(46,34(36,37)38)35(39,40)41)19-24(13-12-22-10-5-4-6-11-22)29(23)47-17-8-7-16-43-30(44)32(2,42-31(43)45)25-14-15-27-28(20-25)49-21-48-27/h14-15,18-20,22,46H,3-13,16-17,21H2,1-2H3,(H,42,45). The number of halogens is 6. The van der Waals surface area contributed by atoms with Crippen molar-refractivity contribution in [3.8, 4) is 17.2 Å². The maximum absolute atomic E-state index is 13.9. The molecular weight excluding hydrogens is 658 g/mol. The lowest BCUT2D eigenvalue weighted by Gasteiger charge is -2.34. The number of carbonyl (C=O) groups is 2. The lowest BCUT2D eigenvalue weighted by molar-refractivity contribution is -0.376. The van der Waals surface area contributed by atoms with Crippen molar-refractivity contribution in [3.63, 3.8) is 0 Å². The molecule has 0 spiro atoms. The highest BCUT2D eigenvalue weighted by Gasteiger charge is 2.71. The summed E-state index contributed by atoms with van der Waals surface area (Å²) in [5.74, 6) is 1.05. The van der Waals surface area contributed by atoms with Crippen LogP contribution in [0.3, 0.4) is 0 Å². The lowest BCUT2D eigenvalue weighted by Crippen LogP contribution is -2.54. The van der Waals surface area contributed by atoms with Crippen LogP contribution < -0.4 is 19.5 Å². The zero-order chi connectivity index (χ0) is 35.6. The van der Waals surface area contributed by atoms with Gasteiger partial charge in [0.05, 0.1) is 6.61 Å². The van der Waals surface area contributed by atoms with E-state index in [-0.39, 0.29) is 55.6 Å². The highest BCUT2D eigenvalue weighted by atomic mass is 19.4. The fourth-order valence-corrected chi connectivity index (χ4v) is 6.96. The molecule has 1 saturated carbocycles. The molecule has 2 N–H and O–H groups in total. The van der Waals surface area contributed by atoms with Gasteiger partial charge in [-0.15, -0.1) is 0 Å². The number of rotatable bonds is 13. The minimum absolute atomic E-state index is 0.0401. The second kappa shape index (κ2) is 14.3. The van der Waals surface area contributed by atoms with E-state index in [0.29, 0.717) is 42.7 Å². The molecule has 1 unspecified atom stereocenters. The summed E-state index contributed by atoms with van der Waals surface area (Å²) in [4.78, 5) is 27.3. The van der Waals surface area contributed by atoms with Gasteiger partial charge >= 0.3 is 18.4 Å². The normalized spacial score (nSPS) is 20.2. The van der Waals surface area contributed by atoms with Crippen LogP contribution >= 0.6 is 0 Å². The first-order valence-corrected chi connectivity index (χ1v) is 16.8. The fourth-order valence-electron chi connectivity index (χ4n) is 6.96. The number of unbranched alkanes of at least 4 members (excludes halogenated alkanes) is 1. The highest BCUT2D eigenvalue weighted by Crippen LogP contribution is 2.51. The fraction of sp³-hybridized carbons (Fsp3) is 0.600. The Bertz CT molecular complexity index is 1510. The van der Waals surface area contributed by atoms with E-state index in [1.807, 2.05) is 0 Å². The van der Waals surface area contributed by atoms with E-state index in [0.717, 1.165) is 49.1 Å². The van der Waals surface area contributed by atoms with E-state index in [4.69, 9.17) is 14.2 Å². The van der Waals surface area contributed by atoms with Crippen molar-refractivity contribution in [1.29, 1.82) is 0 Å². The SMILES string of the molecule is CCCc1cc(C(O)(C(F)(F)F)C(F)(F)F)cc(CCC2CCCCC2)c1OCCCCN1C(=O)NC(C)(c2ccc3c(c2)OCO3)C1=O. The summed E-state index contributed by atoms with van der Waals surface area (Å²) in [6, 6.07) is 5.97. The molecule has 2 aromatic carbocycles. The summed E-state index contributed by atoms with van der Waals surface area (Å²) in [5, 5.41) is 13.0. The average Bonchev–Trinajstić information content (AvgIpc) is 3.61. The van der Waals surface area contributed by atoms with Gasteiger partial charge in [0.25, 0.3) is 11.5 Å². The van der Waals surface area contributed by atoms with Crippen molar-refractivity contribution >= 4 is 11.9 Å². The minimum Gasteiger partial charge on any atom is -0.493 e. The van der Waals surface area contributed by atoms with Crippen molar-refractivity contribution < 1.29 is 55.2 Å². The van der Waals surface area contributed by atoms with Crippen LogP contribution in [-0.4, -0.2) is 54.2 Å². The number of alkyl halides is 6. The number of hydrogen-bond donors (Lipinski definition) is 2. The summed E-state index contributed by atoms with van der Waals surface area (Å²) in [5.41, 5.74) is -6.78. The molecule has 0 radical (unpaired) electrons. The van der Waals surface area contributed by atoms with Crippen molar-refractivity contribution in [2.24, 2.45) is 5.92 Å². The first kappa shape index (κ1) is 36.6. The van der Waals surface area contributed by atoms with Gasteiger partial charge in [0.15, 0.2) is 11.5 Å². The molecule has 8 nitrogen and oxygen atoms in total. The summed E-state index contributed by atoms with van der Waals surface area (Å²) in [7, 11) is 0.